The first kappa shape index (κ1) is 15.0. The Morgan fingerprint density at radius 3 is 2.43 bits per heavy atom. The van der Waals surface area contributed by atoms with Crippen LogP contribution in [-0.2, 0) is 0 Å². The molecule has 23 heavy (non-hydrogen) atoms. The van der Waals surface area contributed by atoms with Crippen molar-refractivity contribution in [2.24, 2.45) is 0 Å². The van der Waals surface area contributed by atoms with Crippen LogP contribution in [0.3, 0.4) is 0 Å². The van der Waals surface area contributed by atoms with Gasteiger partial charge in [0.1, 0.15) is 0 Å². The van der Waals surface area contributed by atoms with Gasteiger partial charge in [-0.15, -0.1) is 0 Å². The van der Waals surface area contributed by atoms with Gasteiger partial charge in [0.2, 0.25) is 5.91 Å². The van der Waals surface area contributed by atoms with Crippen LogP contribution in [0.25, 0.3) is 10.9 Å². The number of para-hydroxylation sites is 1. The number of hydrogen-bond acceptors (Lipinski definition) is 2. The highest BCUT2D eigenvalue weighted by Gasteiger charge is 2.16. The summed E-state index contributed by atoms with van der Waals surface area (Å²) in [5.41, 5.74) is 4.28. The van der Waals surface area contributed by atoms with Crippen LogP contribution in [0.4, 0.5) is 5.69 Å². The minimum atomic E-state index is -0.218. The number of nitrogens with zero attached hydrogens (tertiary/aromatic N) is 1. The molecule has 0 aliphatic heterocycles. The second kappa shape index (κ2) is 5.72. The average Bonchev–Trinajstić information content (AvgIpc) is 2.91. The fourth-order valence-corrected chi connectivity index (χ4v) is 2.64. The summed E-state index contributed by atoms with van der Waals surface area (Å²) in [5, 5.41) is 3.67. The highest BCUT2D eigenvalue weighted by atomic mass is 16.2. The van der Waals surface area contributed by atoms with Gasteiger partial charge in [-0.3, -0.25) is 14.2 Å². The van der Waals surface area contributed by atoms with Crippen LogP contribution in [-0.4, -0.2) is 16.4 Å². The minimum Gasteiger partial charge on any atom is -0.322 e. The lowest BCUT2D eigenvalue weighted by Crippen LogP contribution is -2.12. The van der Waals surface area contributed by atoms with E-state index in [1.165, 1.54) is 17.1 Å². The van der Waals surface area contributed by atoms with Crippen LogP contribution in [0, 0.1) is 13.8 Å². The molecule has 0 unspecified atom stereocenters. The van der Waals surface area contributed by atoms with Crippen molar-refractivity contribution in [2.45, 2.75) is 20.8 Å². The molecule has 0 aliphatic carbocycles. The van der Waals surface area contributed by atoms with Gasteiger partial charge in [-0.25, -0.2) is 0 Å². The maximum atomic E-state index is 12.6. The van der Waals surface area contributed by atoms with Crippen molar-refractivity contribution >= 4 is 28.4 Å². The number of aromatic nitrogens is 1. The van der Waals surface area contributed by atoms with Crippen molar-refractivity contribution < 1.29 is 9.59 Å². The van der Waals surface area contributed by atoms with Crippen molar-refractivity contribution in [1.82, 2.24) is 4.57 Å². The first-order valence-corrected chi connectivity index (χ1v) is 7.47. The van der Waals surface area contributed by atoms with Gasteiger partial charge in [0.15, 0.2) is 0 Å². The Bertz CT molecular complexity index is 922. The Balaban J connectivity index is 2.01. The highest BCUT2D eigenvalue weighted by molar-refractivity contribution is 6.14. The molecule has 0 saturated carbocycles. The molecule has 0 saturated heterocycles. The number of carbonyl (C=O) groups excluding carboxylic acids is 2. The van der Waals surface area contributed by atoms with Crippen LogP contribution in [0.1, 0.15) is 33.2 Å². The zero-order chi connectivity index (χ0) is 16.6. The second-order valence-corrected chi connectivity index (χ2v) is 5.70. The van der Waals surface area contributed by atoms with Crippen molar-refractivity contribution in [1.29, 1.82) is 0 Å². The SMILES string of the molecule is CC(=O)n1cc(C(=O)Nc2ccc(C)c(C)c2)c2ccccc21. The molecule has 3 rings (SSSR count). The van der Waals surface area contributed by atoms with Gasteiger partial charge in [-0.1, -0.05) is 24.3 Å². The van der Waals surface area contributed by atoms with Crippen LogP contribution < -0.4 is 5.32 Å². The first-order chi connectivity index (χ1) is 11.0. The molecule has 116 valence electrons. The number of hydrogen-bond donors (Lipinski definition) is 1. The van der Waals surface area contributed by atoms with E-state index in [9.17, 15) is 9.59 Å². The standard InChI is InChI=1S/C19H18N2O2/c1-12-8-9-15(10-13(12)2)20-19(23)17-11-21(14(3)22)18-7-5-4-6-16(17)18/h4-11H,1-3H3,(H,20,23). The molecule has 0 aliphatic rings. The largest absolute Gasteiger partial charge is 0.322 e. The normalized spacial score (nSPS) is 10.7. The maximum Gasteiger partial charge on any atom is 0.257 e. The van der Waals surface area contributed by atoms with E-state index in [1.807, 2.05) is 56.3 Å². The molecule has 1 amide bonds. The molecule has 0 bridgehead atoms. The molecule has 0 fully saturated rings. The van der Waals surface area contributed by atoms with Gasteiger partial charge in [0.25, 0.3) is 5.91 Å². The summed E-state index contributed by atoms with van der Waals surface area (Å²) in [4.78, 5) is 24.4. The Morgan fingerprint density at radius 1 is 1.00 bits per heavy atom. The van der Waals surface area contributed by atoms with Crippen molar-refractivity contribution in [3.63, 3.8) is 0 Å². The molecule has 0 atom stereocenters. The minimum absolute atomic E-state index is 0.119. The number of amides is 1. The third kappa shape index (κ3) is 2.75. The summed E-state index contributed by atoms with van der Waals surface area (Å²) >= 11 is 0. The van der Waals surface area contributed by atoms with E-state index in [2.05, 4.69) is 5.32 Å². The lowest BCUT2D eigenvalue weighted by atomic mass is 10.1. The third-order valence-electron chi connectivity index (χ3n) is 4.06. The molecule has 4 heteroatoms. The summed E-state index contributed by atoms with van der Waals surface area (Å²) in [5.74, 6) is -0.337. The topological polar surface area (TPSA) is 51.1 Å². The van der Waals surface area contributed by atoms with Gasteiger partial charge in [-0.2, -0.15) is 0 Å². The maximum absolute atomic E-state index is 12.6. The Labute approximate surface area is 134 Å². The van der Waals surface area contributed by atoms with E-state index < -0.39 is 0 Å². The Kier molecular flexibility index (Phi) is 3.74. The van der Waals surface area contributed by atoms with Gasteiger partial charge in [-0.05, 0) is 43.2 Å². The third-order valence-corrected chi connectivity index (χ3v) is 4.06. The van der Waals surface area contributed by atoms with Gasteiger partial charge in [0.05, 0.1) is 11.1 Å². The van der Waals surface area contributed by atoms with Gasteiger partial charge >= 0.3 is 0 Å². The van der Waals surface area contributed by atoms with Crippen molar-refractivity contribution in [3.8, 4) is 0 Å². The van der Waals surface area contributed by atoms with Gasteiger partial charge < -0.3 is 5.32 Å². The smallest absolute Gasteiger partial charge is 0.257 e. The second-order valence-electron chi connectivity index (χ2n) is 5.70. The Hall–Kier alpha value is -2.88. The number of benzene rings is 2. The van der Waals surface area contributed by atoms with Gasteiger partial charge in [0, 0.05) is 24.2 Å². The predicted molar refractivity (Wildman–Crippen MR) is 92.1 cm³/mol. The molecule has 1 aromatic heterocycles. The summed E-state index contributed by atoms with van der Waals surface area (Å²) in [6.07, 6.45) is 1.60. The summed E-state index contributed by atoms with van der Waals surface area (Å²) in [6, 6.07) is 13.2. The van der Waals surface area contributed by atoms with Crippen molar-refractivity contribution in [2.75, 3.05) is 5.32 Å². The molecule has 0 radical (unpaired) electrons. The number of anilines is 1. The molecular formula is C19H18N2O2. The van der Waals surface area contributed by atoms with E-state index in [0.29, 0.717) is 5.56 Å². The number of nitrogens with one attached hydrogen (secondary N) is 1. The molecule has 2 aromatic carbocycles. The van der Waals surface area contributed by atoms with E-state index in [0.717, 1.165) is 22.2 Å². The van der Waals surface area contributed by atoms with Crippen LogP contribution in [0.2, 0.25) is 0 Å². The van der Waals surface area contributed by atoms with E-state index in [4.69, 9.17) is 0 Å². The number of aryl methyl sites for hydroxylation is 2. The number of rotatable bonds is 2. The fraction of sp³-hybridized carbons (Fsp3) is 0.158. The lowest BCUT2D eigenvalue weighted by molar-refractivity contribution is 0.0941. The fourth-order valence-electron chi connectivity index (χ4n) is 2.64. The molecule has 0 spiro atoms. The zero-order valence-electron chi connectivity index (χ0n) is 13.4. The highest BCUT2D eigenvalue weighted by Crippen LogP contribution is 2.23. The Morgan fingerprint density at radius 2 is 1.74 bits per heavy atom. The first-order valence-electron chi connectivity index (χ1n) is 7.47. The van der Waals surface area contributed by atoms with E-state index >= 15 is 0 Å². The molecular weight excluding hydrogens is 288 g/mol. The van der Waals surface area contributed by atoms with E-state index in [-0.39, 0.29) is 11.8 Å². The molecule has 4 nitrogen and oxygen atoms in total. The molecule has 1 N–H and O–H groups in total. The average molecular weight is 306 g/mol. The summed E-state index contributed by atoms with van der Waals surface area (Å²) in [6.45, 7) is 5.52. The molecule has 1 heterocycles. The van der Waals surface area contributed by atoms with Crippen LogP contribution in [0.15, 0.2) is 48.7 Å². The zero-order valence-corrected chi connectivity index (χ0v) is 13.4. The van der Waals surface area contributed by atoms with Crippen LogP contribution in [0.5, 0.6) is 0 Å². The lowest BCUT2D eigenvalue weighted by Gasteiger charge is -2.07. The monoisotopic (exact) mass is 306 g/mol. The quantitative estimate of drug-likeness (QED) is 0.772. The summed E-state index contributed by atoms with van der Waals surface area (Å²) in [7, 11) is 0. The predicted octanol–water partition coefficient (Wildman–Crippen LogP) is 4.17. The number of fused-ring (bicyclic) bond motifs is 1. The molecule has 3 aromatic rings. The number of carbonyl (C=O) groups is 2. The van der Waals surface area contributed by atoms with Crippen molar-refractivity contribution in [3.05, 3.63) is 65.4 Å². The summed E-state index contributed by atoms with van der Waals surface area (Å²) < 4.78 is 1.50. The van der Waals surface area contributed by atoms with Crippen LogP contribution >= 0.6 is 0 Å². The van der Waals surface area contributed by atoms with E-state index in [1.54, 1.807) is 6.20 Å².